The fourth-order valence-corrected chi connectivity index (χ4v) is 8.27. The van der Waals surface area contributed by atoms with Crippen LogP contribution in [0, 0.1) is 23.7 Å². The predicted octanol–water partition coefficient (Wildman–Crippen LogP) is 1.05. The molecule has 0 unspecified atom stereocenters. The highest BCUT2D eigenvalue weighted by atomic mass is 32.2. The van der Waals surface area contributed by atoms with Crippen LogP contribution in [0.25, 0.3) is 0 Å². The summed E-state index contributed by atoms with van der Waals surface area (Å²) in [5.74, 6) is 0.464. The van der Waals surface area contributed by atoms with E-state index in [1.54, 1.807) is 0 Å². The summed E-state index contributed by atoms with van der Waals surface area (Å²) in [6, 6.07) is -0.0853. The molecule has 4 heterocycles. The molecule has 0 radical (unpaired) electrons. The van der Waals surface area contributed by atoms with Gasteiger partial charge < -0.3 is 14.8 Å². The molecule has 3 fully saturated rings. The molecule has 0 aliphatic carbocycles. The van der Waals surface area contributed by atoms with E-state index in [2.05, 4.69) is 26.1 Å². The fraction of sp³-hybridized carbons (Fsp3) is 0.778. The number of rotatable bonds is 3. The molecule has 0 spiro atoms. The lowest BCUT2D eigenvalue weighted by Crippen LogP contribution is -2.60. The molecule has 12 heteroatoms. The van der Waals surface area contributed by atoms with Crippen LogP contribution in [0.3, 0.4) is 0 Å². The number of aryl methyl sites for hydroxylation is 1. The molecule has 1 aromatic rings. The number of sulfonamides is 1. The van der Waals surface area contributed by atoms with Crippen LogP contribution in [0.15, 0.2) is 20.7 Å². The monoisotopic (exact) mass is 565 g/mol. The van der Waals surface area contributed by atoms with Crippen molar-refractivity contribution in [2.75, 3.05) is 19.6 Å². The summed E-state index contributed by atoms with van der Waals surface area (Å²) in [7, 11) is -1.46. The standard InChI is InChI=1S/C27H43N5O6S/c1-17(2)21-10-9-18(3)11-25(34)32-14-19-12-20(22(32)7-6-8-24(33)28-21)15-31(13-19)39(37,38)23-16-29(4)27(36)30(5)26(23)35/h16-22H,6-15H2,1-5H3,(H,28,33)/t18-,19+,20-,21+,22+/m1/s1. The molecule has 1 aromatic heterocycles. The second-order valence-electron chi connectivity index (χ2n) is 12.2. The van der Waals surface area contributed by atoms with Crippen molar-refractivity contribution in [2.45, 2.75) is 82.7 Å². The summed E-state index contributed by atoms with van der Waals surface area (Å²) >= 11 is 0. The van der Waals surface area contributed by atoms with E-state index in [1.165, 1.54) is 18.4 Å². The van der Waals surface area contributed by atoms with E-state index in [9.17, 15) is 27.6 Å². The maximum absolute atomic E-state index is 13.7. The van der Waals surface area contributed by atoms with Crippen LogP contribution in [0.5, 0.6) is 0 Å². The quantitative estimate of drug-likeness (QED) is 0.583. The van der Waals surface area contributed by atoms with Gasteiger partial charge in [0.15, 0.2) is 4.90 Å². The summed E-state index contributed by atoms with van der Waals surface area (Å²) in [6.45, 7) is 7.16. The molecule has 2 amide bonds. The van der Waals surface area contributed by atoms with Crippen molar-refractivity contribution in [3.05, 3.63) is 27.0 Å². The highest BCUT2D eigenvalue weighted by Crippen LogP contribution is 2.38. The third-order valence-electron chi connectivity index (χ3n) is 8.84. The predicted molar refractivity (Wildman–Crippen MR) is 146 cm³/mol. The molecule has 218 valence electrons. The summed E-state index contributed by atoms with van der Waals surface area (Å²) in [6.07, 6.45) is 5.61. The Kier molecular flexibility index (Phi) is 8.75. The Hall–Kier alpha value is -2.47. The number of fused-ring (bicyclic) bond motifs is 4. The number of piperidine rings is 2. The van der Waals surface area contributed by atoms with Gasteiger partial charge in [-0.1, -0.05) is 20.8 Å². The Balaban J connectivity index is 1.59. The Labute approximate surface area is 230 Å². The molecule has 0 aromatic carbocycles. The third-order valence-corrected chi connectivity index (χ3v) is 10.7. The zero-order valence-corrected chi connectivity index (χ0v) is 24.6. The van der Waals surface area contributed by atoms with Crippen LogP contribution >= 0.6 is 0 Å². The second-order valence-corrected chi connectivity index (χ2v) is 14.2. The number of hydrogen-bond acceptors (Lipinski definition) is 6. The van der Waals surface area contributed by atoms with Crippen molar-refractivity contribution in [1.82, 2.24) is 23.7 Å². The first-order valence-electron chi connectivity index (χ1n) is 14.1. The van der Waals surface area contributed by atoms with Crippen LogP contribution in [0.1, 0.15) is 65.7 Å². The van der Waals surface area contributed by atoms with E-state index in [0.717, 1.165) is 34.6 Å². The van der Waals surface area contributed by atoms with Crippen molar-refractivity contribution >= 4 is 21.8 Å². The van der Waals surface area contributed by atoms with Crippen molar-refractivity contribution < 1.29 is 18.0 Å². The Morgan fingerprint density at radius 3 is 2.41 bits per heavy atom. The lowest BCUT2D eigenvalue weighted by Gasteiger charge is -2.50. The molecular formula is C27H43N5O6S. The zero-order chi connectivity index (χ0) is 28.6. The molecule has 3 saturated heterocycles. The van der Waals surface area contributed by atoms with Crippen LogP contribution in [0.2, 0.25) is 0 Å². The highest BCUT2D eigenvalue weighted by molar-refractivity contribution is 7.89. The number of amides is 2. The van der Waals surface area contributed by atoms with E-state index in [1.807, 2.05) is 4.90 Å². The summed E-state index contributed by atoms with van der Waals surface area (Å²) < 4.78 is 30.6. The van der Waals surface area contributed by atoms with E-state index >= 15 is 0 Å². The molecule has 3 aliphatic heterocycles. The van der Waals surface area contributed by atoms with Crippen molar-refractivity contribution in [3.8, 4) is 0 Å². The van der Waals surface area contributed by atoms with E-state index in [0.29, 0.717) is 38.1 Å². The number of nitrogens with one attached hydrogen (secondary N) is 1. The highest BCUT2D eigenvalue weighted by Gasteiger charge is 2.46. The lowest BCUT2D eigenvalue weighted by atomic mass is 9.78. The zero-order valence-electron chi connectivity index (χ0n) is 23.8. The lowest BCUT2D eigenvalue weighted by molar-refractivity contribution is -0.141. The first-order valence-corrected chi connectivity index (χ1v) is 15.6. The van der Waals surface area contributed by atoms with Gasteiger partial charge in [-0.15, -0.1) is 0 Å². The molecule has 39 heavy (non-hydrogen) atoms. The average molecular weight is 566 g/mol. The Bertz CT molecular complexity index is 1320. The Morgan fingerprint density at radius 2 is 1.72 bits per heavy atom. The SMILES string of the molecule is CC(C)[C@@H]1CC[C@@H](C)CC(=O)N2C[C@H]3C[C@H](CN(S(=O)(=O)c4cn(C)c(=O)n(C)c4=O)C3)[C@@H]2CCCC(=O)N1. The third kappa shape index (κ3) is 6.16. The molecule has 1 N–H and O–H groups in total. The van der Waals surface area contributed by atoms with E-state index in [-0.39, 0.29) is 54.7 Å². The number of hydrogen-bond donors (Lipinski definition) is 1. The van der Waals surface area contributed by atoms with Gasteiger partial charge in [-0.05, 0) is 55.8 Å². The van der Waals surface area contributed by atoms with Crippen LogP contribution in [-0.4, -0.2) is 70.3 Å². The van der Waals surface area contributed by atoms with Gasteiger partial charge in [0.2, 0.25) is 21.8 Å². The van der Waals surface area contributed by atoms with Gasteiger partial charge in [0.25, 0.3) is 5.56 Å². The molecule has 0 saturated carbocycles. The minimum absolute atomic E-state index is 0.0190. The van der Waals surface area contributed by atoms with Gasteiger partial charge in [0, 0.05) is 64.9 Å². The van der Waals surface area contributed by atoms with E-state index in [4.69, 9.17) is 0 Å². The Morgan fingerprint density at radius 1 is 1.00 bits per heavy atom. The number of nitrogens with zero attached hydrogens (tertiary/aromatic N) is 4. The first-order chi connectivity index (χ1) is 18.3. The smallest absolute Gasteiger partial charge is 0.330 e. The number of carbonyl (C=O) groups is 2. The minimum atomic E-state index is -4.15. The van der Waals surface area contributed by atoms with Gasteiger partial charge in [0.1, 0.15) is 0 Å². The molecular weight excluding hydrogens is 522 g/mol. The minimum Gasteiger partial charge on any atom is -0.353 e. The fourth-order valence-electron chi connectivity index (χ4n) is 6.55. The van der Waals surface area contributed by atoms with Gasteiger partial charge in [0.05, 0.1) is 0 Å². The van der Waals surface area contributed by atoms with Crippen molar-refractivity contribution in [2.24, 2.45) is 37.8 Å². The van der Waals surface area contributed by atoms with Crippen LogP contribution < -0.4 is 16.6 Å². The summed E-state index contributed by atoms with van der Waals surface area (Å²) in [4.78, 5) is 52.7. The van der Waals surface area contributed by atoms with Crippen LogP contribution in [0.4, 0.5) is 0 Å². The number of aromatic nitrogens is 2. The van der Waals surface area contributed by atoms with Gasteiger partial charge in [-0.3, -0.25) is 19.0 Å². The van der Waals surface area contributed by atoms with Crippen molar-refractivity contribution in [1.29, 1.82) is 0 Å². The number of carbonyl (C=O) groups excluding carboxylic acids is 2. The molecule has 3 aliphatic rings. The van der Waals surface area contributed by atoms with Crippen molar-refractivity contribution in [3.63, 3.8) is 0 Å². The largest absolute Gasteiger partial charge is 0.353 e. The molecule has 5 atom stereocenters. The van der Waals surface area contributed by atoms with Gasteiger partial charge >= 0.3 is 5.69 Å². The molecule has 11 nitrogen and oxygen atoms in total. The van der Waals surface area contributed by atoms with E-state index < -0.39 is 26.2 Å². The molecule has 4 rings (SSSR count). The maximum atomic E-state index is 13.7. The normalized spacial score (nSPS) is 29.7. The second kappa shape index (κ2) is 11.6. The first kappa shape index (κ1) is 29.5. The topological polar surface area (TPSA) is 131 Å². The molecule has 2 bridgehead atoms. The maximum Gasteiger partial charge on any atom is 0.330 e. The van der Waals surface area contributed by atoms with Crippen LogP contribution in [-0.2, 0) is 33.7 Å². The van der Waals surface area contributed by atoms with Gasteiger partial charge in [-0.25, -0.2) is 13.2 Å². The summed E-state index contributed by atoms with van der Waals surface area (Å²) in [5, 5.41) is 3.18. The summed E-state index contributed by atoms with van der Waals surface area (Å²) in [5.41, 5.74) is -1.43. The van der Waals surface area contributed by atoms with Gasteiger partial charge in [-0.2, -0.15) is 4.31 Å². The average Bonchev–Trinajstić information content (AvgIpc) is 2.88.